The fourth-order valence-electron chi connectivity index (χ4n) is 4.66. The lowest BCUT2D eigenvalue weighted by molar-refractivity contribution is 0.187. The maximum atomic E-state index is 5.64. The average Bonchev–Trinajstić information content (AvgIpc) is 3.57. The minimum Gasteiger partial charge on any atom is -0.493 e. The number of piperazine rings is 1. The summed E-state index contributed by atoms with van der Waals surface area (Å²) >= 11 is 1.75. The third kappa shape index (κ3) is 4.51. The van der Waals surface area contributed by atoms with Gasteiger partial charge in [0, 0.05) is 26.2 Å². The van der Waals surface area contributed by atoms with Gasteiger partial charge in [-0.2, -0.15) is 0 Å². The predicted molar refractivity (Wildman–Crippen MR) is 142 cm³/mol. The van der Waals surface area contributed by atoms with E-state index in [-0.39, 0.29) is 11.6 Å². The quantitative estimate of drug-likeness (QED) is 0.348. The molecular weight excluding hydrogens is 474 g/mol. The van der Waals surface area contributed by atoms with Crippen LogP contribution in [0.1, 0.15) is 44.6 Å². The zero-order valence-corrected chi connectivity index (χ0v) is 22.3. The van der Waals surface area contributed by atoms with E-state index in [1.165, 1.54) is 4.70 Å². The second kappa shape index (κ2) is 10.0. The number of benzene rings is 2. The monoisotopic (exact) mass is 507 g/mol. The van der Waals surface area contributed by atoms with Gasteiger partial charge in [0.1, 0.15) is 0 Å². The third-order valence-electron chi connectivity index (χ3n) is 7.13. The number of hydrogen-bond donors (Lipinski definition) is 0. The summed E-state index contributed by atoms with van der Waals surface area (Å²) in [6.45, 7) is 9.97. The van der Waals surface area contributed by atoms with Gasteiger partial charge in [-0.3, -0.25) is 4.90 Å². The Hall–Kier alpha value is -3.24. The van der Waals surface area contributed by atoms with Gasteiger partial charge < -0.3 is 14.4 Å². The Balaban J connectivity index is 1.47. The molecule has 2 aromatic carbocycles. The molecule has 2 aromatic heterocycles. The summed E-state index contributed by atoms with van der Waals surface area (Å²) in [7, 11) is 3.32. The largest absolute Gasteiger partial charge is 0.493 e. The highest BCUT2D eigenvalue weighted by molar-refractivity contribution is 7.22. The van der Waals surface area contributed by atoms with Crippen LogP contribution in [0.2, 0.25) is 0 Å². The number of fused-ring (bicyclic) bond motifs is 1. The van der Waals surface area contributed by atoms with Crippen LogP contribution in [0, 0.1) is 0 Å². The lowest BCUT2D eigenvalue weighted by Gasteiger charge is -2.39. The number of hydrogen-bond acceptors (Lipinski definition) is 9. The normalized spacial score (nSPS) is 15.9. The zero-order valence-electron chi connectivity index (χ0n) is 21.5. The van der Waals surface area contributed by atoms with Crippen molar-refractivity contribution in [2.24, 2.45) is 0 Å². The first-order chi connectivity index (χ1) is 17.4. The smallest absolute Gasteiger partial charge is 0.186 e. The Labute approximate surface area is 215 Å². The summed E-state index contributed by atoms with van der Waals surface area (Å²) in [4.78, 5) is 9.71. The highest BCUT2D eigenvalue weighted by atomic mass is 32.1. The third-order valence-corrected chi connectivity index (χ3v) is 8.23. The van der Waals surface area contributed by atoms with E-state index in [0.29, 0.717) is 11.5 Å². The average molecular weight is 508 g/mol. The summed E-state index contributed by atoms with van der Waals surface area (Å²) in [6.07, 6.45) is 0.912. The van der Waals surface area contributed by atoms with Gasteiger partial charge in [0.2, 0.25) is 0 Å². The van der Waals surface area contributed by atoms with E-state index < -0.39 is 0 Å². The number of anilines is 1. The van der Waals surface area contributed by atoms with Crippen LogP contribution in [0.15, 0.2) is 42.5 Å². The van der Waals surface area contributed by atoms with Gasteiger partial charge in [0.15, 0.2) is 22.5 Å². The highest BCUT2D eigenvalue weighted by Crippen LogP contribution is 2.37. The van der Waals surface area contributed by atoms with Crippen molar-refractivity contribution in [2.45, 2.75) is 38.8 Å². The van der Waals surface area contributed by atoms with Crippen molar-refractivity contribution in [2.75, 3.05) is 45.3 Å². The molecule has 0 saturated carbocycles. The van der Waals surface area contributed by atoms with Gasteiger partial charge in [-0.05, 0) is 60.5 Å². The van der Waals surface area contributed by atoms with Crippen LogP contribution in [-0.4, -0.2) is 70.5 Å². The van der Waals surface area contributed by atoms with Crippen LogP contribution in [0.4, 0.5) is 5.13 Å². The fourth-order valence-corrected chi connectivity index (χ4v) is 5.68. The van der Waals surface area contributed by atoms with Gasteiger partial charge in [0.05, 0.1) is 36.0 Å². The molecule has 0 aliphatic carbocycles. The second-order valence-electron chi connectivity index (χ2n) is 9.62. The van der Waals surface area contributed by atoms with Crippen molar-refractivity contribution < 1.29 is 9.47 Å². The summed E-state index contributed by atoms with van der Waals surface area (Å²) in [5.41, 5.74) is 1.92. The number of para-hydroxylation sites is 1. The molecule has 190 valence electrons. The first-order valence-electron chi connectivity index (χ1n) is 12.3. The van der Waals surface area contributed by atoms with E-state index in [1.54, 1.807) is 25.6 Å². The molecule has 0 spiro atoms. The van der Waals surface area contributed by atoms with E-state index in [4.69, 9.17) is 14.5 Å². The van der Waals surface area contributed by atoms with Crippen molar-refractivity contribution in [3.63, 3.8) is 0 Å². The Morgan fingerprint density at radius 2 is 1.75 bits per heavy atom. The Kier molecular flexibility index (Phi) is 6.81. The number of ether oxygens (including phenoxy) is 2. The first-order valence-corrected chi connectivity index (χ1v) is 13.1. The van der Waals surface area contributed by atoms with Gasteiger partial charge >= 0.3 is 0 Å². The lowest BCUT2D eigenvalue weighted by Crippen LogP contribution is -2.48. The lowest BCUT2D eigenvalue weighted by atomic mass is 9.98. The van der Waals surface area contributed by atoms with Gasteiger partial charge in [-0.25, -0.2) is 9.67 Å². The molecule has 0 unspecified atom stereocenters. The number of methoxy groups -OCH3 is 2. The minimum absolute atomic E-state index is 0.122. The molecule has 1 aliphatic heterocycles. The van der Waals surface area contributed by atoms with Gasteiger partial charge in [0.25, 0.3) is 0 Å². The number of nitrogens with zero attached hydrogens (tertiary/aromatic N) is 7. The molecule has 36 heavy (non-hydrogen) atoms. The van der Waals surface area contributed by atoms with Crippen molar-refractivity contribution in [1.82, 2.24) is 30.1 Å². The summed E-state index contributed by atoms with van der Waals surface area (Å²) in [5, 5.41) is 14.1. The van der Waals surface area contributed by atoms with E-state index in [0.717, 1.165) is 54.6 Å². The minimum atomic E-state index is -0.212. The Morgan fingerprint density at radius 3 is 2.44 bits per heavy atom. The van der Waals surface area contributed by atoms with Crippen LogP contribution >= 0.6 is 11.3 Å². The molecule has 3 heterocycles. The van der Waals surface area contributed by atoms with Gasteiger partial charge in [-0.1, -0.05) is 36.5 Å². The standard InChI is InChI=1S/C26H33N7O2S/c1-6-26(2,3)33-24(28-29-30-33)23(18-11-12-20(34-4)21(17-18)35-5)31-13-15-32(16-14-31)25-27-19-9-7-8-10-22(19)36-25/h7-12,17,23H,6,13-16H2,1-5H3/t23-/m1/s1. The molecule has 1 saturated heterocycles. The molecule has 0 bridgehead atoms. The fraction of sp³-hybridized carbons (Fsp3) is 0.462. The number of rotatable bonds is 8. The van der Waals surface area contributed by atoms with E-state index >= 15 is 0 Å². The van der Waals surface area contributed by atoms with E-state index in [9.17, 15) is 0 Å². The molecule has 5 rings (SSSR count). The van der Waals surface area contributed by atoms with Crippen LogP contribution < -0.4 is 14.4 Å². The van der Waals surface area contributed by atoms with E-state index in [2.05, 4.69) is 70.4 Å². The second-order valence-corrected chi connectivity index (χ2v) is 10.6. The maximum Gasteiger partial charge on any atom is 0.186 e. The summed E-state index contributed by atoms with van der Waals surface area (Å²) < 4.78 is 14.3. The van der Waals surface area contributed by atoms with Crippen LogP contribution in [-0.2, 0) is 5.54 Å². The molecule has 1 aliphatic rings. The van der Waals surface area contributed by atoms with Crippen molar-refractivity contribution >= 4 is 26.7 Å². The molecule has 9 nitrogen and oxygen atoms in total. The van der Waals surface area contributed by atoms with Crippen molar-refractivity contribution in [1.29, 1.82) is 0 Å². The van der Waals surface area contributed by atoms with E-state index in [1.807, 2.05) is 22.9 Å². The number of aromatic nitrogens is 5. The topological polar surface area (TPSA) is 81.4 Å². The molecule has 4 aromatic rings. The SMILES string of the molecule is CCC(C)(C)n1nnnc1[C@@H](c1ccc(OC)c(OC)c1)N1CCN(c2nc3ccccc3s2)CC1. The highest BCUT2D eigenvalue weighted by Gasteiger charge is 2.35. The van der Waals surface area contributed by atoms with Crippen LogP contribution in [0.25, 0.3) is 10.2 Å². The van der Waals surface area contributed by atoms with Crippen molar-refractivity contribution in [3.8, 4) is 11.5 Å². The Morgan fingerprint density at radius 1 is 1.00 bits per heavy atom. The zero-order chi connectivity index (χ0) is 25.3. The Bertz CT molecular complexity index is 1290. The molecule has 0 N–H and O–H groups in total. The maximum absolute atomic E-state index is 5.64. The summed E-state index contributed by atoms with van der Waals surface area (Å²) in [5.74, 6) is 2.23. The van der Waals surface area contributed by atoms with Crippen LogP contribution in [0.3, 0.4) is 0 Å². The molecule has 1 fully saturated rings. The number of tetrazole rings is 1. The van der Waals surface area contributed by atoms with Crippen LogP contribution in [0.5, 0.6) is 11.5 Å². The predicted octanol–water partition coefficient (Wildman–Crippen LogP) is 4.36. The molecule has 1 atom stereocenters. The van der Waals surface area contributed by atoms with Gasteiger partial charge in [-0.15, -0.1) is 5.10 Å². The molecule has 10 heteroatoms. The molecule has 0 radical (unpaired) electrons. The molecule has 0 amide bonds. The summed E-state index contributed by atoms with van der Waals surface area (Å²) in [6, 6.07) is 14.3. The first kappa shape index (κ1) is 24.5. The van der Waals surface area contributed by atoms with Crippen molar-refractivity contribution in [3.05, 3.63) is 53.9 Å². The number of thiazole rings is 1. The molecular formula is C26H33N7O2S.